The van der Waals surface area contributed by atoms with Gasteiger partial charge in [0.2, 0.25) is 0 Å². The molecule has 0 amide bonds. The van der Waals surface area contributed by atoms with Crippen LogP contribution < -0.4 is 5.32 Å². The second-order valence-corrected chi connectivity index (χ2v) is 3.70. The van der Waals surface area contributed by atoms with Gasteiger partial charge in [0.15, 0.2) is 0 Å². The Kier molecular flexibility index (Phi) is 5.55. The molecule has 0 aromatic heterocycles. The number of esters is 1. The number of ether oxygens (including phenoxy) is 1. The van der Waals surface area contributed by atoms with Crippen LogP contribution in [0.5, 0.6) is 0 Å². The number of carbonyl (C=O) groups is 1. The lowest BCUT2D eigenvalue weighted by atomic mass is 10.1. The molecule has 1 unspecified atom stereocenters. The number of rotatable bonds is 5. The number of hydrogen-bond acceptors (Lipinski definition) is 3. The van der Waals surface area contributed by atoms with Crippen molar-refractivity contribution in [3.63, 3.8) is 0 Å². The van der Waals surface area contributed by atoms with E-state index in [1.54, 1.807) is 25.1 Å². The molecule has 0 aliphatic heterocycles. The summed E-state index contributed by atoms with van der Waals surface area (Å²) < 4.78 is 4.98. The highest BCUT2D eigenvalue weighted by Crippen LogP contribution is 2.23. The molecular formula is C13H14ClNO2. The molecule has 0 saturated carbocycles. The second-order valence-electron chi connectivity index (χ2n) is 3.29. The average Bonchev–Trinajstić information content (AvgIpc) is 2.32. The van der Waals surface area contributed by atoms with Crippen molar-refractivity contribution in [1.82, 2.24) is 5.32 Å². The zero-order valence-electron chi connectivity index (χ0n) is 9.57. The Morgan fingerprint density at radius 3 is 2.88 bits per heavy atom. The molecule has 0 heterocycles. The number of hydrogen-bond donors (Lipinski definition) is 1. The number of benzene rings is 1. The molecule has 0 radical (unpaired) electrons. The van der Waals surface area contributed by atoms with Crippen LogP contribution in [-0.4, -0.2) is 19.1 Å². The Hall–Kier alpha value is -1.50. The van der Waals surface area contributed by atoms with Crippen molar-refractivity contribution in [2.75, 3.05) is 13.2 Å². The fourth-order valence-electron chi connectivity index (χ4n) is 1.42. The predicted octanol–water partition coefficient (Wildman–Crippen LogP) is 2.17. The number of terminal acetylenes is 1. The minimum Gasteiger partial charge on any atom is -0.465 e. The first-order chi connectivity index (χ1) is 8.20. The van der Waals surface area contributed by atoms with Gasteiger partial charge >= 0.3 is 5.97 Å². The monoisotopic (exact) mass is 251 g/mol. The van der Waals surface area contributed by atoms with Gasteiger partial charge in [0.05, 0.1) is 13.2 Å². The Morgan fingerprint density at radius 2 is 2.29 bits per heavy atom. The third-order valence-corrected chi connectivity index (χ3v) is 2.49. The molecule has 1 atom stereocenters. The molecule has 0 aliphatic carbocycles. The molecular weight excluding hydrogens is 238 g/mol. The van der Waals surface area contributed by atoms with Crippen molar-refractivity contribution in [1.29, 1.82) is 0 Å². The largest absolute Gasteiger partial charge is 0.465 e. The van der Waals surface area contributed by atoms with E-state index in [0.29, 0.717) is 17.2 Å². The van der Waals surface area contributed by atoms with E-state index in [2.05, 4.69) is 11.2 Å². The summed E-state index contributed by atoms with van der Waals surface area (Å²) in [6.45, 7) is 2.34. The van der Waals surface area contributed by atoms with E-state index in [-0.39, 0.29) is 12.5 Å². The summed E-state index contributed by atoms with van der Waals surface area (Å²) in [4.78, 5) is 11.8. The minimum atomic E-state index is -0.625. The van der Waals surface area contributed by atoms with Crippen molar-refractivity contribution >= 4 is 17.6 Å². The fourth-order valence-corrected chi connectivity index (χ4v) is 1.66. The Labute approximate surface area is 106 Å². The van der Waals surface area contributed by atoms with Crippen LogP contribution in [0, 0.1) is 12.3 Å². The predicted molar refractivity (Wildman–Crippen MR) is 67.7 cm³/mol. The van der Waals surface area contributed by atoms with Gasteiger partial charge in [-0.25, -0.2) is 4.79 Å². The summed E-state index contributed by atoms with van der Waals surface area (Å²) in [7, 11) is 0. The highest BCUT2D eigenvalue weighted by molar-refractivity contribution is 6.31. The van der Waals surface area contributed by atoms with Crippen LogP contribution in [0.3, 0.4) is 0 Å². The van der Waals surface area contributed by atoms with Gasteiger partial charge in [0, 0.05) is 5.02 Å². The Bertz CT molecular complexity index is 426. The van der Waals surface area contributed by atoms with Crippen LogP contribution >= 0.6 is 11.6 Å². The summed E-state index contributed by atoms with van der Waals surface area (Å²) >= 11 is 6.04. The molecule has 17 heavy (non-hydrogen) atoms. The molecule has 0 saturated heterocycles. The lowest BCUT2D eigenvalue weighted by Crippen LogP contribution is -2.30. The molecule has 0 aliphatic rings. The summed E-state index contributed by atoms with van der Waals surface area (Å²) in [5, 5.41) is 3.43. The van der Waals surface area contributed by atoms with Gasteiger partial charge in [-0.15, -0.1) is 6.42 Å². The third-order valence-electron chi connectivity index (χ3n) is 2.15. The molecule has 90 valence electrons. The maximum absolute atomic E-state index is 11.8. The van der Waals surface area contributed by atoms with Gasteiger partial charge in [-0.2, -0.15) is 0 Å². The highest BCUT2D eigenvalue weighted by atomic mass is 35.5. The maximum Gasteiger partial charge on any atom is 0.327 e. The normalized spacial score (nSPS) is 11.6. The molecule has 3 nitrogen and oxygen atoms in total. The van der Waals surface area contributed by atoms with Gasteiger partial charge in [-0.1, -0.05) is 35.7 Å². The standard InChI is InChI=1S/C13H14ClNO2/c1-3-9-15-12(13(16)17-4-2)10-7-5-6-8-11(10)14/h1,5-8,12,15H,4,9H2,2H3. The zero-order chi connectivity index (χ0) is 12.7. The summed E-state index contributed by atoms with van der Waals surface area (Å²) in [6.07, 6.45) is 5.17. The van der Waals surface area contributed by atoms with Crippen LogP contribution in [0.1, 0.15) is 18.5 Å². The van der Waals surface area contributed by atoms with Gasteiger partial charge in [0.1, 0.15) is 6.04 Å². The van der Waals surface area contributed by atoms with Gasteiger partial charge in [-0.3, -0.25) is 5.32 Å². The second kappa shape index (κ2) is 6.95. The van der Waals surface area contributed by atoms with Crippen LogP contribution in [-0.2, 0) is 9.53 Å². The molecule has 0 spiro atoms. The first-order valence-corrected chi connectivity index (χ1v) is 5.66. The van der Waals surface area contributed by atoms with Crippen LogP contribution in [0.2, 0.25) is 5.02 Å². The van der Waals surface area contributed by atoms with E-state index in [4.69, 9.17) is 22.8 Å². The van der Waals surface area contributed by atoms with E-state index in [1.807, 2.05) is 6.07 Å². The number of carbonyl (C=O) groups excluding carboxylic acids is 1. The Morgan fingerprint density at radius 1 is 1.59 bits per heavy atom. The SMILES string of the molecule is C#CCNC(C(=O)OCC)c1ccccc1Cl. The number of nitrogens with one attached hydrogen (secondary N) is 1. The minimum absolute atomic E-state index is 0.273. The van der Waals surface area contributed by atoms with Crippen molar-refractivity contribution in [2.24, 2.45) is 0 Å². The first-order valence-electron chi connectivity index (χ1n) is 5.28. The van der Waals surface area contributed by atoms with Crippen LogP contribution in [0.25, 0.3) is 0 Å². The summed E-state index contributed by atoms with van der Waals surface area (Å²) in [6, 6.07) is 6.48. The van der Waals surface area contributed by atoms with E-state index in [0.717, 1.165) is 0 Å². The van der Waals surface area contributed by atoms with E-state index < -0.39 is 6.04 Å². The molecule has 1 rings (SSSR count). The van der Waals surface area contributed by atoms with E-state index in [1.165, 1.54) is 0 Å². The van der Waals surface area contributed by atoms with Gasteiger partial charge in [0.25, 0.3) is 0 Å². The van der Waals surface area contributed by atoms with Gasteiger partial charge in [-0.05, 0) is 18.6 Å². The topological polar surface area (TPSA) is 38.3 Å². The van der Waals surface area contributed by atoms with Gasteiger partial charge < -0.3 is 4.74 Å². The molecule has 1 aromatic carbocycles. The fraction of sp³-hybridized carbons (Fsp3) is 0.308. The molecule has 1 N–H and O–H groups in total. The maximum atomic E-state index is 11.8. The summed E-state index contributed by atoms with van der Waals surface area (Å²) in [5.41, 5.74) is 0.669. The van der Waals surface area contributed by atoms with Crippen LogP contribution in [0.4, 0.5) is 0 Å². The molecule has 4 heteroatoms. The van der Waals surface area contributed by atoms with Crippen molar-refractivity contribution in [3.8, 4) is 12.3 Å². The first kappa shape index (κ1) is 13.6. The molecule has 1 aromatic rings. The van der Waals surface area contributed by atoms with Crippen LogP contribution in [0.15, 0.2) is 24.3 Å². The van der Waals surface area contributed by atoms with Crippen molar-refractivity contribution < 1.29 is 9.53 Å². The molecule has 0 fully saturated rings. The lowest BCUT2D eigenvalue weighted by Gasteiger charge is -2.17. The lowest BCUT2D eigenvalue weighted by molar-refractivity contribution is -0.145. The smallest absolute Gasteiger partial charge is 0.327 e. The highest BCUT2D eigenvalue weighted by Gasteiger charge is 2.22. The van der Waals surface area contributed by atoms with Crippen molar-refractivity contribution in [3.05, 3.63) is 34.9 Å². The Balaban J connectivity index is 2.94. The van der Waals surface area contributed by atoms with Crippen molar-refractivity contribution in [2.45, 2.75) is 13.0 Å². The number of halogens is 1. The summed E-state index contributed by atoms with van der Waals surface area (Å²) in [5.74, 6) is 2.04. The zero-order valence-corrected chi connectivity index (χ0v) is 10.3. The average molecular weight is 252 g/mol. The van der Waals surface area contributed by atoms with E-state index in [9.17, 15) is 4.79 Å². The quantitative estimate of drug-likeness (QED) is 0.644. The third kappa shape index (κ3) is 3.77. The van der Waals surface area contributed by atoms with E-state index >= 15 is 0 Å². The molecule has 0 bridgehead atoms.